The van der Waals surface area contributed by atoms with Crippen LogP contribution >= 0.6 is 0 Å². The molecular weight excluding hydrogens is 264 g/mol. The van der Waals surface area contributed by atoms with Crippen LogP contribution in [0.5, 0.6) is 0 Å². The SMILES string of the molecule is CCCCNC(=O)NCS(=O)(=O)c1ccc(C)cc1. The van der Waals surface area contributed by atoms with E-state index in [1.54, 1.807) is 24.3 Å². The molecule has 0 bridgehead atoms. The second-order valence-corrected chi connectivity index (χ2v) is 6.35. The number of carbonyl (C=O) groups excluding carboxylic acids is 1. The number of nitrogens with one attached hydrogen (secondary N) is 2. The first-order valence-electron chi connectivity index (χ1n) is 6.27. The zero-order valence-corrected chi connectivity index (χ0v) is 12.1. The van der Waals surface area contributed by atoms with E-state index in [1.165, 1.54) is 0 Å². The molecule has 0 saturated heterocycles. The van der Waals surface area contributed by atoms with E-state index in [2.05, 4.69) is 10.6 Å². The molecule has 2 amide bonds. The first kappa shape index (κ1) is 15.5. The summed E-state index contributed by atoms with van der Waals surface area (Å²) in [6, 6.07) is 6.09. The summed E-state index contributed by atoms with van der Waals surface area (Å²) >= 11 is 0. The third kappa shape index (κ3) is 5.30. The lowest BCUT2D eigenvalue weighted by molar-refractivity contribution is 0.242. The van der Waals surface area contributed by atoms with Gasteiger partial charge < -0.3 is 10.6 Å². The Balaban J connectivity index is 2.51. The van der Waals surface area contributed by atoms with Crippen LogP contribution in [0.25, 0.3) is 0 Å². The van der Waals surface area contributed by atoms with Crippen molar-refractivity contribution >= 4 is 15.9 Å². The first-order valence-corrected chi connectivity index (χ1v) is 7.92. The maximum absolute atomic E-state index is 11.9. The molecule has 0 aliphatic heterocycles. The molecule has 0 saturated carbocycles. The van der Waals surface area contributed by atoms with Gasteiger partial charge in [-0.05, 0) is 25.5 Å². The number of carbonyl (C=O) groups is 1. The van der Waals surface area contributed by atoms with Gasteiger partial charge in [0.05, 0.1) is 4.90 Å². The summed E-state index contributed by atoms with van der Waals surface area (Å²) in [6.45, 7) is 4.45. The van der Waals surface area contributed by atoms with Crippen LogP contribution in [0.2, 0.25) is 0 Å². The van der Waals surface area contributed by atoms with Crippen molar-refractivity contribution in [1.82, 2.24) is 10.6 Å². The van der Waals surface area contributed by atoms with Crippen molar-refractivity contribution in [1.29, 1.82) is 0 Å². The summed E-state index contributed by atoms with van der Waals surface area (Å²) in [5, 5.41) is 4.96. The predicted molar refractivity (Wildman–Crippen MR) is 74.7 cm³/mol. The molecule has 0 aliphatic carbocycles. The molecule has 0 spiro atoms. The third-order valence-corrected chi connectivity index (χ3v) is 4.13. The lowest BCUT2D eigenvalue weighted by atomic mass is 10.2. The highest BCUT2D eigenvalue weighted by Gasteiger charge is 2.15. The van der Waals surface area contributed by atoms with Gasteiger partial charge in [-0.2, -0.15) is 0 Å². The molecular formula is C13H20N2O3S. The average molecular weight is 284 g/mol. The molecule has 1 aromatic rings. The number of rotatable bonds is 6. The Kier molecular flexibility index (Phi) is 5.82. The fourth-order valence-corrected chi connectivity index (χ4v) is 2.47. The highest BCUT2D eigenvalue weighted by molar-refractivity contribution is 7.91. The van der Waals surface area contributed by atoms with Crippen molar-refractivity contribution in [3.63, 3.8) is 0 Å². The van der Waals surface area contributed by atoms with Gasteiger partial charge in [0.1, 0.15) is 5.88 Å². The zero-order chi connectivity index (χ0) is 14.3. The Morgan fingerprint density at radius 1 is 1.16 bits per heavy atom. The van der Waals surface area contributed by atoms with Crippen LogP contribution in [-0.2, 0) is 9.84 Å². The molecule has 1 rings (SSSR count). The Morgan fingerprint density at radius 3 is 2.37 bits per heavy atom. The number of sulfone groups is 1. The van der Waals surface area contributed by atoms with Crippen molar-refractivity contribution in [3.05, 3.63) is 29.8 Å². The van der Waals surface area contributed by atoms with Gasteiger partial charge in [0, 0.05) is 6.54 Å². The van der Waals surface area contributed by atoms with Gasteiger partial charge in [0.25, 0.3) is 0 Å². The normalized spacial score (nSPS) is 11.1. The number of unbranched alkanes of at least 4 members (excludes halogenated alkanes) is 1. The van der Waals surface area contributed by atoms with E-state index in [0.29, 0.717) is 6.54 Å². The second-order valence-electron chi connectivity index (χ2n) is 4.36. The molecule has 0 heterocycles. The molecule has 0 aromatic heterocycles. The predicted octanol–water partition coefficient (Wildman–Crippen LogP) is 1.83. The summed E-state index contributed by atoms with van der Waals surface area (Å²) in [6.07, 6.45) is 1.85. The largest absolute Gasteiger partial charge is 0.338 e. The van der Waals surface area contributed by atoms with Gasteiger partial charge in [-0.25, -0.2) is 13.2 Å². The summed E-state index contributed by atoms with van der Waals surface area (Å²) in [4.78, 5) is 11.6. The van der Waals surface area contributed by atoms with Crippen LogP contribution in [0.1, 0.15) is 25.3 Å². The molecule has 106 valence electrons. The van der Waals surface area contributed by atoms with E-state index in [0.717, 1.165) is 18.4 Å². The number of aryl methyl sites for hydroxylation is 1. The molecule has 0 fully saturated rings. The minimum absolute atomic E-state index is 0.215. The van der Waals surface area contributed by atoms with Crippen LogP contribution in [0.3, 0.4) is 0 Å². The van der Waals surface area contributed by atoms with Crippen LogP contribution < -0.4 is 10.6 Å². The Morgan fingerprint density at radius 2 is 1.79 bits per heavy atom. The van der Waals surface area contributed by atoms with Crippen LogP contribution in [0, 0.1) is 6.92 Å². The van der Waals surface area contributed by atoms with E-state index in [1.807, 2.05) is 13.8 Å². The fraction of sp³-hybridized carbons (Fsp3) is 0.462. The first-order chi connectivity index (χ1) is 8.95. The number of amides is 2. The maximum atomic E-state index is 11.9. The standard InChI is InChI=1S/C13H20N2O3S/c1-3-4-9-14-13(16)15-10-19(17,18)12-7-5-11(2)6-8-12/h5-8H,3-4,9-10H2,1-2H3,(H2,14,15,16). The Labute approximate surface area is 114 Å². The monoisotopic (exact) mass is 284 g/mol. The number of urea groups is 1. The van der Waals surface area contributed by atoms with Gasteiger partial charge in [-0.15, -0.1) is 0 Å². The minimum atomic E-state index is -3.47. The van der Waals surface area contributed by atoms with Crippen molar-refractivity contribution in [2.75, 3.05) is 12.4 Å². The molecule has 2 N–H and O–H groups in total. The summed E-state index contributed by atoms with van der Waals surface area (Å²) in [7, 11) is -3.47. The average Bonchev–Trinajstić information content (AvgIpc) is 2.37. The zero-order valence-electron chi connectivity index (χ0n) is 11.3. The maximum Gasteiger partial charge on any atom is 0.315 e. The molecule has 0 radical (unpaired) electrons. The van der Waals surface area contributed by atoms with Crippen LogP contribution in [-0.4, -0.2) is 26.9 Å². The van der Waals surface area contributed by atoms with Gasteiger partial charge >= 0.3 is 6.03 Å². The number of hydrogen-bond donors (Lipinski definition) is 2. The van der Waals surface area contributed by atoms with Crippen molar-refractivity contribution in [3.8, 4) is 0 Å². The second kappa shape index (κ2) is 7.13. The quantitative estimate of drug-likeness (QED) is 0.782. The molecule has 5 nitrogen and oxygen atoms in total. The highest BCUT2D eigenvalue weighted by atomic mass is 32.2. The summed E-state index contributed by atoms with van der Waals surface area (Å²) in [5.41, 5.74) is 0.990. The number of hydrogen-bond acceptors (Lipinski definition) is 3. The topological polar surface area (TPSA) is 75.3 Å². The van der Waals surface area contributed by atoms with Crippen LogP contribution in [0.4, 0.5) is 4.79 Å². The lowest BCUT2D eigenvalue weighted by Crippen LogP contribution is -2.38. The fourth-order valence-electron chi connectivity index (χ4n) is 1.43. The van der Waals surface area contributed by atoms with Crippen molar-refractivity contribution < 1.29 is 13.2 Å². The molecule has 0 atom stereocenters. The smallest absolute Gasteiger partial charge is 0.315 e. The molecule has 1 aromatic carbocycles. The Bertz CT molecular complexity index is 509. The molecule has 6 heteroatoms. The molecule has 19 heavy (non-hydrogen) atoms. The van der Waals surface area contributed by atoms with Crippen LogP contribution in [0.15, 0.2) is 29.2 Å². The van der Waals surface area contributed by atoms with E-state index >= 15 is 0 Å². The van der Waals surface area contributed by atoms with E-state index in [9.17, 15) is 13.2 Å². The minimum Gasteiger partial charge on any atom is -0.338 e. The third-order valence-electron chi connectivity index (χ3n) is 2.62. The van der Waals surface area contributed by atoms with Gasteiger partial charge in [0.15, 0.2) is 9.84 Å². The van der Waals surface area contributed by atoms with Gasteiger partial charge in [0.2, 0.25) is 0 Å². The van der Waals surface area contributed by atoms with Gasteiger partial charge in [-0.1, -0.05) is 31.0 Å². The Hall–Kier alpha value is -1.56. The molecule has 0 aliphatic rings. The highest BCUT2D eigenvalue weighted by Crippen LogP contribution is 2.10. The molecule has 0 unspecified atom stereocenters. The van der Waals surface area contributed by atoms with Gasteiger partial charge in [-0.3, -0.25) is 0 Å². The van der Waals surface area contributed by atoms with E-state index < -0.39 is 21.7 Å². The summed E-state index contributed by atoms with van der Waals surface area (Å²) in [5.74, 6) is -0.395. The van der Waals surface area contributed by atoms with Crippen molar-refractivity contribution in [2.45, 2.75) is 31.6 Å². The van der Waals surface area contributed by atoms with E-state index in [4.69, 9.17) is 0 Å². The van der Waals surface area contributed by atoms with E-state index in [-0.39, 0.29) is 4.90 Å². The summed E-state index contributed by atoms with van der Waals surface area (Å²) < 4.78 is 23.9. The lowest BCUT2D eigenvalue weighted by Gasteiger charge is -2.08. The van der Waals surface area contributed by atoms with Crippen molar-refractivity contribution in [2.24, 2.45) is 0 Å². The number of benzene rings is 1.